The first-order valence-corrected chi connectivity index (χ1v) is 5.32. The first-order chi connectivity index (χ1) is 6.55. The molecule has 0 radical (unpaired) electrons. The summed E-state index contributed by atoms with van der Waals surface area (Å²) in [6.45, 7) is 6.30. The summed E-state index contributed by atoms with van der Waals surface area (Å²) in [5, 5.41) is 9.88. The Morgan fingerprint density at radius 2 is 2.21 bits per heavy atom. The molecule has 82 valence electrons. The zero-order valence-electron chi connectivity index (χ0n) is 9.16. The molecule has 1 aliphatic heterocycles. The molecule has 0 saturated carbocycles. The first-order valence-electron chi connectivity index (χ1n) is 5.32. The molecule has 0 amide bonds. The second kappa shape index (κ2) is 4.64. The summed E-state index contributed by atoms with van der Waals surface area (Å²) >= 11 is 0. The van der Waals surface area contributed by atoms with E-state index in [4.69, 9.17) is 5.73 Å². The normalized spacial score (nSPS) is 30.2. The molecule has 0 bridgehead atoms. The third kappa shape index (κ3) is 3.18. The van der Waals surface area contributed by atoms with Crippen LogP contribution in [-0.4, -0.2) is 41.2 Å². The van der Waals surface area contributed by atoms with Crippen LogP contribution in [0.1, 0.15) is 33.1 Å². The van der Waals surface area contributed by atoms with Crippen molar-refractivity contribution in [2.45, 2.75) is 38.7 Å². The molecule has 1 atom stereocenters. The number of likely N-dealkylation sites (tertiary alicyclic amines) is 1. The lowest BCUT2D eigenvalue weighted by Gasteiger charge is -2.23. The van der Waals surface area contributed by atoms with E-state index in [0.717, 1.165) is 38.9 Å². The van der Waals surface area contributed by atoms with Crippen molar-refractivity contribution >= 4 is 5.96 Å². The molecule has 0 aromatic rings. The summed E-state index contributed by atoms with van der Waals surface area (Å²) in [4.78, 5) is 6.24. The maximum atomic E-state index is 9.88. The van der Waals surface area contributed by atoms with Crippen molar-refractivity contribution in [1.29, 1.82) is 0 Å². The van der Waals surface area contributed by atoms with Gasteiger partial charge in [0.25, 0.3) is 0 Å². The molecule has 0 aromatic carbocycles. The Hall–Kier alpha value is -0.770. The third-order valence-corrected chi connectivity index (χ3v) is 2.71. The van der Waals surface area contributed by atoms with Gasteiger partial charge < -0.3 is 15.7 Å². The fourth-order valence-corrected chi connectivity index (χ4v) is 1.75. The SMILES string of the molecule is CCN=C(N)N1CCCC(C)(O)CC1. The fraction of sp³-hybridized carbons (Fsp3) is 0.900. The monoisotopic (exact) mass is 199 g/mol. The number of nitrogens with zero attached hydrogens (tertiary/aromatic N) is 2. The maximum absolute atomic E-state index is 9.88. The van der Waals surface area contributed by atoms with Crippen molar-refractivity contribution in [3.05, 3.63) is 0 Å². The lowest BCUT2D eigenvalue weighted by Crippen LogP contribution is -2.38. The van der Waals surface area contributed by atoms with E-state index in [1.165, 1.54) is 0 Å². The largest absolute Gasteiger partial charge is 0.390 e. The van der Waals surface area contributed by atoms with E-state index in [2.05, 4.69) is 9.89 Å². The van der Waals surface area contributed by atoms with Crippen LogP contribution < -0.4 is 5.73 Å². The number of hydrogen-bond acceptors (Lipinski definition) is 2. The molecular formula is C10H21N3O. The molecule has 1 saturated heterocycles. The van der Waals surface area contributed by atoms with Gasteiger partial charge in [0, 0.05) is 19.6 Å². The van der Waals surface area contributed by atoms with Crippen molar-refractivity contribution in [3.63, 3.8) is 0 Å². The van der Waals surface area contributed by atoms with Gasteiger partial charge in [0.2, 0.25) is 0 Å². The number of guanidine groups is 1. The quantitative estimate of drug-likeness (QED) is 0.479. The van der Waals surface area contributed by atoms with Gasteiger partial charge in [0.05, 0.1) is 5.60 Å². The second-order valence-electron chi connectivity index (χ2n) is 4.17. The Balaban J connectivity index is 2.54. The van der Waals surface area contributed by atoms with Gasteiger partial charge in [0.1, 0.15) is 0 Å². The van der Waals surface area contributed by atoms with Crippen molar-refractivity contribution < 1.29 is 5.11 Å². The average Bonchev–Trinajstić information content (AvgIpc) is 2.27. The van der Waals surface area contributed by atoms with Crippen molar-refractivity contribution in [2.24, 2.45) is 10.7 Å². The van der Waals surface area contributed by atoms with Crippen LogP contribution in [0, 0.1) is 0 Å². The fourth-order valence-electron chi connectivity index (χ4n) is 1.75. The van der Waals surface area contributed by atoms with Crippen LogP contribution in [0.25, 0.3) is 0 Å². The van der Waals surface area contributed by atoms with Crippen LogP contribution in [0.2, 0.25) is 0 Å². The summed E-state index contributed by atoms with van der Waals surface area (Å²) in [6, 6.07) is 0. The Morgan fingerprint density at radius 1 is 1.50 bits per heavy atom. The Bertz CT molecular complexity index is 213. The highest BCUT2D eigenvalue weighted by Gasteiger charge is 2.25. The number of aliphatic hydroxyl groups is 1. The minimum absolute atomic E-state index is 0.527. The van der Waals surface area contributed by atoms with E-state index in [9.17, 15) is 5.11 Å². The van der Waals surface area contributed by atoms with Crippen LogP contribution in [0.3, 0.4) is 0 Å². The highest BCUT2D eigenvalue weighted by Crippen LogP contribution is 2.20. The molecule has 1 fully saturated rings. The van der Waals surface area contributed by atoms with Gasteiger partial charge in [-0.25, -0.2) is 0 Å². The molecule has 4 heteroatoms. The zero-order valence-corrected chi connectivity index (χ0v) is 9.16. The van der Waals surface area contributed by atoms with E-state index >= 15 is 0 Å². The Labute approximate surface area is 85.8 Å². The molecule has 1 aliphatic rings. The summed E-state index contributed by atoms with van der Waals surface area (Å²) in [5.74, 6) is 0.616. The lowest BCUT2D eigenvalue weighted by molar-refractivity contribution is 0.0462. The standard InChI is InChI=1S/C10H21N3O/c1-3-12-9(11)13-7-4-5-10(2,14)6-8-13/h14H,3-8H2,1-2H3,(H2,11,12). The molecule has 14 heavy (non-hydrogen) atoms. The van der Waals surface area contributed by atoms with Gasteiger partial charge in [-0.3, -0.25) is 4.99 Å². The molecule has 1 unspecified atom stereocenters. The lowest BCUT2D eigenvalue weighted by atomic mass is 9.98. The maximum Gasteiger partial charge on any atom is 0.191 e. The molecule has 4 nitrogen and oxygen atoms in total. The van der Waals surface area contributed by atoms with Gasteiger partial charge in [0.15, 0.2) is 5.96 Å². The van der Waals surface area contributed by atoms with Crippen molar-refractivity contribution in [2.75, 3.05) is 19.6 Å². The van der Waals surface area contributed by atoms with Crippen LogP contribution in [0.5, 0.6) is 0 Å². The second-order valence-corrected chi connectivity index (χ2v) is 4.17. The van der Waals surface area contributed by atoms with E-state index in [-0.39, 0.29) is 0 Å². The van der Waals surface area contributed by atoms with Crippen LogP contribution in [-0.2, 0) is 0 Å². The van der Waals surface area contributed by atoms with Crippen molar-refractivity contribution in [1.82, 2.24) is 4.90 Å². The summed E-state index contributed by atoms with van der Waals surface area (Å²) < 4.78 is 0. The van der Waals surface area contributed by atoms with Crippen LogP contribution in [0.4, 0.5) is 0 Å². The van der Waals surface area contributed by atoms with E-state index in [1.54, 1.807) is 0 Å². The average molecular weight is 199 g/mol. The van der Waals surface area contributed by atoms with Gasteiger partial charge >= 0.3 is 0 Å². The predicted molar refractivity (Wildman–Crippen MR) is 58.2 cm³/mol. The molecule has 1 rings (SSSR count). The highest BCUT2D eigenvalue weighted by molar-refractivity contribution is 5.78. The molecule has 1 heterocycles. The number of aliphatic imine (C=N–C) groups is 1. The van der Waals surface area contributed by atoms with Crippen LogP contribution in [0.15, 0.2) is 4.99 Å². The molecular weight excluding hydrogens is 178 g/mol. The number of rotatable bonds is 1. The topological polar surface area (TPSA) is 61.8 Å². The van der Waals surface area contributed by atoms with Crippen molar-refractivity contribution in [3.8, 4) is 0 Å². The van der Waals surface area contributed by atoms with Gasteiger partial charge in [-0.1, -0.05) is 0 Å². The van der Waals surface area contributed by atoms with E-state index in [1.807, 2.05) is 13.8 Å². The molecule has 3 N–H and O–H groups in total. The zero-order chi connectivity index (χ0) is 10.6. The number of nitrogens with two attached hydrogens (primary N) is 1. The van der Waals surface area contributed by atoms with E-state index in [0.29, 0.717) is 5.96 Å². The molecule has 0 spiro atoms. The number of hydrogen-bond donors (Lipinski definition) is 2. The third-order valence-electron chi connectivity index (χ3n) is 2.71. The molecule has 0 aromatic heterocycles. The Morgan fingerprint density at radius 3 is 2.86 bits per heavy atom. The minimum Gasteiger partial charge on any atom is -0.390 e. The van der Waals surface area contributed by atoms with Gasteiger partial charge in [-0.15, -0.1) is 0 Å². The smallest absolute Gasteiger partial charge is 0.191 e. The predicted octanol–water partition coefficient (Wildman–Crippen LogP) is 0.558. The van der Waals surface area contributed by atoms with E-state index < -0.39 is 5.60 Å². The van der Waals surface area contributed by atoms with Gasteiger partial charge in [-0.05, 0) is 33.1 Å². The minimum atomic E-state index is -0.527. The first kappa shape index (κ1) is 11.3. The summed E-state index contributed by atoms with van der Waals surface area (Å²) in [7, 11) is 0. The Kier molecular flexibility index (Phi) is 3.75. The summed E-state index contributed by atoms with van der Waals surface area (Å²) in [6.07, 6.45) is 2.60. The van der Waals surface area contributed by atoms with Crippen LogP contribution >= 0.6 is 0 Å². The highest BCUT2D eigenvalue weighted by atomic mass is 16.3. The summed E-state index contributed by atoms with van der Waals surface area (Å²) in [5.41, 5.74) is 5.28. The molecule has 0 aliphatic carbocycles. The van der Waals surface area contributed by atoms with Gasteiger partial charge in [-0.2, -0.15) is 0 Å².